The summed E-state index contributed by atoms with van der Waals surface area (Å²) in [5.74, 6) is 3.67. The molecule has 23 heavy (non-hydrogen) atoms. The van der Waals surface area contributed by atoms with Crippen molar-refractivity contribution < 1.29 is 18.3 Å². The van der Waals surface area contributed by atoms with Crippen molar-refractivity contribution in [3.05, 3.63) is 0 Å². The second kappa shape index (κ2) is 9.90. The third kappa shape index (κ3) is 8.42. The Balaban J connectivity index is 0.000000593. The zero-order chi connectivity index (χ0) is 17.5. The van der Waals surface area contributed by atoms with Gasteiger partial charge in [-0.05, 0) is 49.4 Å². The molecule has 0 saturated heterocycles. The number of fused-ring (bicyclic) bond motifs is 2. The number of hydrogen-bond acceptors (Lipinski definition) is 1. The molecule has 0 aromatic rings. The van der Waals surface area contributed by atoms with Crippen LogP contribution in [0.25, 0.3) is 0 Å². The predicted molar refractivity (Wildman–Crippen MR) is 89.2 cm³/mol. The minimum atomic E-state index is -4.44. The van der Waals surface area contributed by atoms with E-state index in [1.165, 1.54) is 32.1 Å². The van der Waals surface area contributed by atoms with Crippen LogP contribution >= 0.6 is 0 Å². The molecule has 1 N–H and O–H groups in total. The van der Waals surface area contributed by atoms with E-state index < -0.39 is 12.3 Å². The number of hydrogen-bond donors (Lipinski definition) is 1. The molecule has 0 aromatic carbocycles. The first-order valence-corrected chi connectivity index (χ1v) is 9.45. The zero-order valence-corrected chi connectivity index (χ0v) is 15.0. The smallest absolute Gasteiger partial charge is 0.384 e. The molecule has 2 fully saturated rings. The third-order valence-corrected chi connectivity index (χ3v) is 5.06. The molecular weight excluding hydrogens is 301 g/mol. The van der Waals surface area contributed by atoms with E-state index in [4.69, 9.17) is 5.11 Å². The van der Waals surface area contributed by atoms with Crippen LogP contribution in [0.1, 0.15) is 85.0 Å². The number of aliphatic hydroxyl groups excluding tert-OH is 1. The van der Waals surface area contributed by atoms with Crippen LogP contribution in [-0.4, -0.2) is 17.4 Å². The molecule has 0 aliphatic heterocycles. The van der Waals surface area contributed by atoms with Crippen LogP contribution in [0.2, 0.25) is 0 Å². The summed E-state index contributed by atoms with van der Waals surface area (Å²) in [4.78, 5) is 0. The van der Waals surface area contributed by atoms with Gasteiger partial charge in [-0.1, -0.05) is 59.3 Å². The van der Waals surface area contributed by atoms with E-state index in [2.05, 4.69) is 20.8 Å². The van der Waals surface area contributed by atoms with Crippen LogP contribution in [0.4, 0.5) is 13.2 Å². The number of unbranched alkanes of at least 4 members (excludes halogenated alkanes) is 3. The standard InChI is InChI=1S/C15H25F3O.C4H10/c16-15(17,18)14(19)6-4-2-1-3-5-12-9-11-7-8-13(12)10-11;1-4(2)3/h11-14,19H,1-10H2;4H,1-3H3. The minimum Gasteiger partial charge on any atom is -0.384 e. The van der Waals surface area contributed by atoms with Crippen LogP contribution < -0.4 is 0 Å². The molecule has 4 unspecified atom stereocenters. The lowest BCUT2D eigenvalue weighted by molar-refractivity contribution is -0.205. The van der Waals surface area contributed by atoms with Crippen LogP contribution in [0, 0.1) is 23.7 Å². The van der Waals surface area contributed by atoms with E-state index in [1.807, 2.05) is 0 Å². The molecular formula is C19H35F3O. The Labute approximate surface area is 140 Å². The first-order valence-electron chi connectivity index (χ1n) is 9.45. The summed E-state index contributed by atoms with van der Waals surface area (Å²) in [6.07, 6.45) is 3.69. The summed E-state index contributed by atoms with van der Waals surface area (Å²) in [5, 5.41) is 8.86. The van der Waals surface area contributed by atoms with Gasteiger partial charge in [0.1, 0.15) is 6.10 Å². The topological polar surface area (TPSA) is 20.2 Å². The fraction of sp³-hybridized carbons (Fsp3) is 1.00. The lowest BCUT2D eigenvalue weighted by Crippen LogP contribution is -2.28. The maximum Gasteiger partial charge on any atom is 0.414 e. The lowest BCUT2D eigenvalue weighted by atomic mass is 9.85. The van der Waals surface area contributed by atoms with Crippen LogP contribution in [-0.2, 0) is 0 Å². The van der Waals surface area contributed by atoms with Gasteiger partial charge in [0.25, 0.3) is 0 Å². The van der Waals surface area contributed by atoms with Gasteiger partial charge in [-0.2, -0.15) is 13.2 Å². The second-order valence-corrected chi connectivity index (χ2v) is 8.22. The molecule has 0 amide bonds. The third-order valence-electron chi connectivity index (χ3n) is 5.06. The van der Waals surface area contributed by atoms with Gasteiger partial charge in [-0.3, -0.25) is 0 Å². The first kappa shape index (κ1) is 20.8. The minimum absolute atomic E-state index is 0.141. The molecule has 2 saturated carbocycles. The van der Waals surface area contributed by atoms with E-state index >= 15 is 0 Å². The van der Waals surface area contributed by atoms with Crippen molar-refractivity contribution >= 4 is 0 Å². The molecule has 4 heteroatoms. The van der Waals surface area contributed by atoms with Crippen LogP contribution in [0.15, 0.2) is 0 Å². The largest absolute Gasteiger partial charge is 0.414 e. The van der Waals surface area contributed by atoms with E-state index in [0.717, 1.165) is 42.9 Å². The van der Waals surface area contributed by atoms with Gasteiger partial charge in [-0.25, -0.2) is 0 Å². The molecule has 2 aliphatic rings. The van der Waals surface area contributed by atoms with Gasteiger partial charge < -0.3 is 5.11 Å². The molecule has 1 nitrogen and oxygen atoms in total. The van der Waals surface area contributed by atoms with E-state index in [0.29, 0.717) is 6.42 Å². The van der Waals surface area contributed by atoms with E-state index in [9.17, 15) is 13.2 Å². The summed E-state index contributed by atoms with van der Waals surface area (Å²) in [7, 11) is 0. The monoisotopic (exact) mass is 336 g/mol. The fourth-order valence-corrected chi connectivity index (χ4v) is 3.99. The summed E-state index contributed by atoms with van der Waals surface area (Å²) < 4.78 is 36.2. The van der Waals surface area contributed by atoms with Gasteiger partial charge in [0.15, 0.2) is 0 Å². The molecule has 2 rings (SSSR count). The Morgan fingerprint density at radius 2 is 1.57 bits per heavy atom. The van der Waals surface area contributed by atoms with Gasteiger partial charge >= 0.3 is 6.18 Å². The Kier molecular flexibility index (Phi) is 8.95. The maximum atomic E-state index is 12.1. The highest BCUT2D eigenvalue weighted by Crippen LogP contribution is 2.50. The average Bonchev–Trinajstić information content (AvgIpc) is 3.03. The van der Waals surface area contributed by atoms with E-state index in [-0.39, 0.29) is 6.42 Å². The Morgan fingerprint density at radius 3 is 2.04 bits per heavy atom. The van der Waals surface area contributed by atoms with Crippen LogP contribution in [0.5, 0.6) is 0 Å². The molecule has 138 valence electrons. The Bertz CT molecular complexity index is 311. The van der Waals surface area contributed by atoms with Crippen molar-refractivity contribution in [3.63, 3.8) is 0 Å². The van der Waals surface area contributed by atoms with Crippen molar-refractivity contribution in [2.45, 2.75) is 97.3 Å². The van der Waals surface area contributed by atoms with Crippen molar-refractivity contribution in [1.82, 2.24) is 0 Å². The molecule has 2 bridgehead atoms. The highest BCUT2D eigenvalue weighted by Gasteiger charge is 2.39. The highest BCUT2D eigenvalue weighted by molar-refractivity contribution is 4.89. The Hall–Kier alpha value is -0.250. The highest BCUT2D eigenvalue weighted by atomic mass is 19.4. The predicted octanol–water partition coefficient (Wildman–Crippen LogP) is 6.35. The zero-order valence-electron chi connectivity index (χ0n) is 15.0. The number of alkyl halides is 3. The fourth-order valence-electron chi connectivity index (χ4n) is 3.99. The van der Waals surface area contributed by atoms with Crippen molar-refractivity contribution in [2.75, 3.05) is 0 Å². The molecule has 0 aromatic heterocycles. The lowest BCUT2D eigenvalue weighted by Gasteiger charge is -2.21. The quantitative estimate of drug-likeness (QED) is 0.537. The number of halogens is 3. The van der Waals surface area contributed by atoms with Crippen LogP contribution in [0.3, 0.4) is 0 Å². The first-order chi connectivity index (χ1) is 10.7. The molecule has 0 radical (unpaired) electrons. The summed E-state index contributed by atoms with van der Waals surface area (Å²) in [6.45, 7) is 6.50. The van der Waals surface area contributed by atoms with Gasteiger partial charge in [-0.15, -0.1) is 0 Å². The van der Waals surface area contributed by atoms with Gasteiger partial charge in [0.2, 0.25) is 0 Å². The number of aliphatic hydroxyl groups is 1. The summed E-state index contributed by atoms with van der Waals surface area (Å²) >= 11 is 0. The SMILES string of the molecule is CC(C)C.OC(CCCCCCC1CC2CCC1C2)C(F)(F)F. The Morgan fingerprint density at radius 1 is 0.957 bits per heavy atom. The molecule has 0 spiro atoms. The van der Waals surface area contributed by atoms with Gasteiger partial charge in [0.05, 0.1) is 0 Å². The summed E-state index contributed by atoms with van der Waals surface area (Å²) in [6, 6.07) is 0. The van der Waals surface area contributed by atoms with Crippen molar-refractivity contribution in [3.8, 4) is 0 Å². The normalized spacial score (nSPS) is 27.9. The average molecular weight is 336 g/mol. The van der Waals surface area contributed by atoms with Crippen molar-refractivity contribution in [1.29, 1.82) is 0 Å². The van der Waals surface area contributed by atoms with Crippen molar-refractivity contribution in [2.24, 2.45) is 23.7 Å². The maximum absolute atomic E-state index is 12.1. The van der Waals surface area contributed by atoms with E-state index in [1.54, 1.807) is 0 Å². The molecule has 2 aliphatic carbocycles. The van der Waals surface area contributed by atoms with Gasteiger partial charge in [0, 0.05) is 0 Å². The summed E-state index contributed by atoms with van der Waals surface area (Å²) in [5.41, 5.74) is 0. The molecule has 4 atom stereocenters. The second-order valence-electron chi connectivity index (χ2n) is 8.22. The number of rotatable bonds is 7. The molecule has 0 heterocycles.